The van der Waals surface area contributed by atoms with Crippen molar-refractivity contribution in [3.63, 3.8) is 0 Å². The van der Waals surface area contributed by atoms with Crippen molar-refractivity contribution in [1.82, 2.24) is 9.47 Å². The number of carbonyl (C=O) groups is 2. The summed E-state index contributed by atoms with van der Waals surface area (Å²) in [6.07, 6.45) is 1.00. The lowest BCUT2D eigenvalue weighted by atomic mass is 9.75. The average Bonchev–Trinajstić information content (AvgIpc) is 2.60. The number of aromatic nitrogens is 1. The standard InChI is InChI=1S/C24H30N2O3/c1-15(2)25(16(3)4)22(28)19-12-18-20(13-24(5,6)14-21(18)27)26(23(19)29)17-10-8-7-9-11-17/h7-12,15-16H,13-14H2,1-6H3. The van der Waals surface area contributed by atoms with Gasteiger partial charge in [0.25, 0.3) is 11.5 Å². The number of amides is 1. The first-order valence-electron chi connectivity index (χ1n) is 10.2. The topological polar surface area (TPSA) is 59.4 Å². The fraction of sp³-hybridized carbons (Fsp3) is 0.458. The molecule has 1 heterocycles. The Hall–Kier alpha value is -2.69. The Kier molecular flexibility index (Phi) is 5.52. The van der Waals surface area contributed by atoms with Crippen molar-refractivity contribution in [2.45, 2.75) is 66.5 Å². The lowest BCUT2D eigenvalue weighted by Gasteiger charge is -2.34. The minimum atomic E-state index is -0.364. The Bertz CT molecular complexity index is 993. The molecular weight excluding hydrogens is 364 g/mol. The second-order valence-electron chi connectivity index (χ2n) is 9.24. The maximum atomic E-state index is 13.6. The van der Waals surface area contributed by atoms with Crippen LogP contribution in [-0.4, -0.2) is 33.2 Å². The number of fused-ring (bicyclic) bond motifs is 1. The molecule has 0 unspecified atom stereocenters. The van der Waals surface area contributed by atoms with Gasteiger partial charge < -0.3 is 4.90 Å². The van der Waals surface area contributed by atoms with Crippen molar-refractivity contribution >= 4 is 11.7 Å². The zero-order valence-electron chi connectivity index (χ0n) is 18.2. The second-order valence-corrected chi connectivity index (χ2v) is 9.24. The molecule has 0 radical (unpaired) electrons. The van der Waals surface area contributed by atoms with Crippen molar-refractivity contribution in [2.75, 3.05) is 0 Å². The largest absolute Gasteiger partial charge is 0.334 e. The molecule has 0 aliphatic heterocycles. The molecule has 0 spiro atoms. The highest BCUT2D eigenvalue weighted by Gasteiger charge is 2.36. The molecule has 1 aliphatic rings. The van der Waals surface area contributed by atoms with Crippen LogP contribution >= 0.6 is 0 Å². The van der Waals surface area contributed by atoms with E-state index in [1.165, 1.54) is 6.07 Å². The van der Waals surface area contributed by atoms with E-state index in [4.69, 9.17) is 0 Å². The number of ketones is 1. The van der Waals surface area contributed by atoms with Crippen LogP contribution in [0.1, 0.15) is 74.4 Å². The van der Waals surface area contributed by atoms with Crippen molar-refractivity contribution in [3.05, 3.63) is 63.6 Å². The van der Waals surface area contributed by atoms with Gasteiger partial charge in [0.15, 0.2) is 5.78 Å². The zero-order chi connectivity index (χ0) is 21.5. The Morgan fingerprint density at radius 2 is 1.59 bits per heavy atom. The molecule has 0 N–H and O–H groups in total. The van der Waals surface area contributed by atoms with Crippen molar-refractivity contribution < 1.29 is 9.59 Å². The quantitative estimate of drug-likeness (QED) is 0.779. The lowest BCUT2D eigenvalue weighted by molar-refractivity contribution is 0.0641. The van der Waals surface area contributed by atoms with Crippen molar-refractivity contribution in [1.29, 1.82) is 0 Å². The Balaban J connectivity index is 2.32. The van der Waals surface area contributed by atoms with Gasteiger partial charge in [-0.15, -0.1) is 0 Å². The molecule has 0 fully saturated rings. The van der Waals surface area contributed by atoms with Crippen LogP contribution in [0.2, 0.25) is 0 Å². The first-order valence-corrected chi connectivity index (χ1v) is 10.2. The highest BCUT2D eigenvalue weighted by Crippen LogP contribution is 2.35. The van der Waals surface area contributed by atoms with Gasteiger partial charge in [0, 0.05) is 35.4 Å². The highest BCUT2D eigenvalue weighted by atomic mass is 16.2. The van der Waals surface area contributed by atoms with E-state index in [-0.39, 0.29) is 40.3 Å². The van der Waals surface area contributed by atoms with Gasteiger partial charge in [-0.05, 0) is 57.7 Å². The van der Waals surface area contributed by atoms with Gasteiger partial charge in [-0.3, -0.25) is 19.0 Å². The summed E-state index contributed by atoms with van der Waals surface area (Å²) in [7, 11) is 0. The smallest absolute Gasteiger partial charge is 0.268 e. The van der Waals surface area contributed by atoms with E-state index in [2.05, 4.69) is 0 Å². The Morgan fingerprint density at radius 1 is 1.00 bits per heavy atom. The third-order valence-corrected chi connectivity index (χ3v) is 5.48. The zero-order valence-corrected chi connectivity index (χ0v) is 18.2. The van der Waals surface area contributed by atoms with E-state index >= 15 is 0 Å². The molecule has 154 valence electrons. The minimum Gasteiger partial charge on any atom is -0.334 e. The van der Waals surface area contributed by atoms with Gasteiger partial charge in [-0.2, -0.15) is 0 Å². The van der Waals surface area contributed by atoms with Crippen molar-refractivity contribution in [2.24, 2.45) is 5.41 Å². The van der Waals surface area contributed by atoms with E-state index in [0.29, 0.717) is 29.8 Å². The number of nitrogens with zero attached hydrogens (tertiary/aromatic N) is 2. The summed E-state index contributed by atoms with van der Waals surface area (Å²) in [6, 6.07) is 10.7. The Morgan fingerprint density at radius 3 is 2.14 bits per heavy atom. The number of benzene rings is 1. The number of pyridine rings is 1. The number of carbonyl (C=O) groups excluding carboxylic acids is 2. The number of Topliss-reactive ketones (excluding diaryl/α,β-unsaturated/α-hetero) is 1. The molecular formula is C24H30N2O3. The summed E-state index contributed by atoms with van der Waals surface area (Å²) in [5.41, 5.74) is 1.32. The predicted octanol–water partition coefficient (Wildman–Crippen LogP) is 4.25. The van der Waals surface area contributed by atoms with E-state index in [1.807, 2.05) is 71.9 Å². The molecule has 0 atom stereocenters. The molecule has 5 nitrogen and oxygen atoms in total. The van der Waals surface area contributed by atoms with E-state index in [9.17, 15) is 14.4 Å². The highest BCUT2D eigenvalue weighted by molar-refractivity contribution is 6.02. The van der Waals surface area contributed by atoms with Crippen molar-refractivity contribution in [3.8, 4) is 5.69 Å². The number of hydrogen-bond donors (Lipinski definition) is 0. The summed E-state index contributed by atoms with van der Waals surface area (Å²) >= 11 is 0. The second kappa shape index (κ2) is 7.62. The maximum Gasteiger partial charge on any atom is 0.268 e. The van der Waals surface area contributed by atoms with Crippen LogP contribution in [0.15, 0.2) is 41.2 Å². The predicted molar refractivity (Wildman–Crippen MR) is 115 cm³/mol. The van der Waals surface area contributed by atoms with E-state index < -0.39 is 0 Å². The fourth-order valence-corrected chi connectivity index (χ4v) is 4.32. The van der Waals surface area contributed by atoms with Crippen LogP contribution in [0.5, 0.6) is 0 Å². The molecule has 1 aliphatic carbocycles. The third-order valence-electron chi connectivity index (χ3n) is 5.48. The Labute approximate surface area is 172 Å². The summed E-state index contributed by atoms with van der Waals surface area (Å²) in [5, 5.41) is 0. The summed E-state index contributed by atoms with van der Waals surface area (Å²) in [6.45, 7) is 11.8. The van der Waals surface area contributed by atoms with Gasteiger partial charge in [-0.1, -0.05) is 32.0 Å². The lowest BCUT2D eigenvalue weighted by Crippen LogP contribution is -2.45. The van der Waals surface area contributed by atoms with Crippen LogP contribution in [-0.2, 0) is 6.42 Å². The monoisotopic (exact) mass is 394 g/mol. The maximum absolute atomic E-state index is 13.6. The molecule has 3 rings (SSSR count). The normalized spacial score (nSPS) is 15.5. The van der Waals surface area contributed by atoms with E-state index in [1.54, 1.807) is 9.47 Å². The number of para-hydroxylation sites is 1. The van der Waals surface area contributed by atoms with Gasteiger partial charge in [0.1, 0.15) is 5.56 Å². The molecule has 29 heavy (non-hydrogen) atoms. The van der Waals surface area contributed by atoms with Gasteiger partial charge in [-0.25, -0.2) is 0 Å². The van der Waals surface area contributed by atoms with Gasteiger partial charge >= 0.3 is 0 Å². The van der Waals surface area contributed by atoms with E-state index in [0.717, 1.165) is 0 Å². The first-order chi connectivity index (χ1) is 13.5. The van der Waals surface area contributed by atoms with Gasteiger partial charge in [0.05, 0.1) is 0 Å². The van der Waals surface area contributed by atoms with Crippen LogP contribution in [0.4, 0.5) is 0 Å². The van der Waals surface area contributed by atoms with Crippen LogP contribution in [0.3, 0.4) is 0 Å². The first kappa shape index (κ1) is 21.0. The fourth-order valence-electron chi connectivity index (χ4n) is 4.32. The molecule has 0 saturated heterocycles. The minimum absolute atomic E-state index is 0.0179. The third kappa shape index (κ3) is 3.91. The number of rotatable bonds is 4. The molecule has 0 saturated carbocycles. The van der Waals surface area contributed by atoms with Crippen LogP contribution in [0, 0.1) is 5.41 Å². The summed E-state index contributed by atoms with van der Waals surface area (Å²) in [4.78, 5) is 41.6. The summed E-state index contributed by atoms with van der Waals surface area (Å²) in [5.74, 6) is -0.347. The molecule has 0 bridgehead atoms. The molecule has 1 amide bonds. The molecule has 1 aromatic carbocycles. The van der Waals surface area contributed by atoms with Crippen LogP contribution < -0.4 is 5.56 Å². The SMILES string of the molecule is CC(C)N(C(=O)c1cc2c(n(-c3ccccc3)c1=O)CC(C)(C)CC2=O)C(C)C. The van der Waals surface area contributed by atoms with Crippen LogP contribution in [0.25, 0.3) is 5.69 Å². The summed E-state index contributed by atoms with van der Waals surface area (Å²) < 4.78 is 1.57. The molecule has 5 heteroatoms. The average molecular weight is 395 g/mol. The molecule has 1 aromatic heterocycles. The number of hydrogen-bond acceptors (Lipinski definition) is 3. The molecule has 2 aromatic rings. The van der Waals surface area contributed by atoms with Gasteiger partial charge in [0.2, 0.25) is 0 Å².